The van der Waals surface area contributed by atoms with Gasteiger partial charge in [-0.25, -0.2) is 13.8 Å². The summed E-state index contributed by atoms with van der Waals surface area (Å²) in [6, 6.07) is 7.33. The Hall–Kier alpha value is -2.63. The number of aromatic amines is 1. The monoisotopic (exact) mass is 290 g/mol. The summed E-state index contributed by atoms with van der Waals surface area (Å²) in [5, 5.41) is 0. The zero-order valence-corrected chi connectivity index (χ0v) is 11.4. The van der Waals surface area contributed by atoms with Gasteiger partial charge in [0.2, 0.25) is 0 Å². The summed E-state index contributed by atoms with van der Waals surface area (Å²) in [4.78, 5) is 7.22. The molecule has 6 heteroatoms. The van der Waals surface area contributed by atoms with Crippen molar-refractivity contribution in [3.63, 3.8) is 0 Å². The lowest BCUT2D eigenvalue weighted by Gasteiger charge is -2.06. The number of halogens is 2. The van der Waals surface area contributed by atoms with Gasteiger partial charge in [-0.3, -0.25) is 0 Å². The zero-order chi connectivity index (χ0) is 15.0. The van der Waals surface area contributed by atoms with E-state index in [0.717, 1.165) is 6.07 Å². The van der Waals surface area contributed by atoms with Crippen LogP contribution in [-0.4, -0.2) is 24.2 Å². The van der Waals surface area contributed by atoms with Crippen LogP contribution >= 0.6 is 0 Å². The summed E-state index contributed by atoms with van der Waals surface area (Å²) in [5.74, 6) is -0.557. The number of nitrogens with zero attached hydrogens (tertiary/aromatic N) is 1. The molecule has 0 spiro atoms. The van der Waals surface area contributed by atoms with Crippen LogP contribution in [0.3, 0.4) is 0 Å². The van der Waals surface area contributed by atoms with E-state index in [0.29, 0.717) is 22.5 Å². The van der Waals surface area contributed by atoms with Gasteiger partial charge in [-0.1, -0.05) is 6.07 Å². The largest absolute Gasteiger partial charge is 0.493 e. The highest BCUT2D eigenvalue weighted by Gasteiger charge is 2.15. The van der Waals surface area contributed by atoms with Crippen LogP contribution in [-0.2, 0) is 0 Å². The second kappa shape index (κ2) is 5.05. The number of methoxy groups -OCH3 is 2. The van der Waals surface area contributed by atoms with E-state index >= 15 is 0 Å². The lowest BCUT2D eigenvalue weighted by Crippen LogP contribution is -1.90. The highest BCUT2D eigenvalue weighted by atomic mass is 19.2. The fraction of sp³-hybridized carbons (Fsp3) is 0.133. The highest BCUT2D eigenvalue weighted by Crippen LogP contribution is 2.33. The van der Waals surface area contributed by atoms with E-state index in [-0.39, 0.29) is 11.4 Å². The smallest absolute Gasteiger partial charge is 0.169 e. The van der Waals surface area contributed by atoms with Crippen LogP contribution in [0.2, 0.25) is 0 Å². The number of hydrogen-bond donors (Lipinski definition) is 1. The standard InChI is InChI=1S/C15H12F2N2O2/c1-20-12-6-10-11(7-13(12)21-2)19-15(18-10)8-4-3-5-9(16)14(8)17/h3-7H,1-2H3,(H,18,19). The number of nitrogens with one attached hydrogen (secondary N) is 1. The molecule has 0 saturated heterocycles. The number of H-pyrrole nitrogens is 1. The Morgan fingerprint density at radius 3 is 2.48 bits per heavy atom. The van der Waals surface area contributed by atoms with Gasteiger partial charge in [0.1, 0.15) is 5.82 Å². The van der Waals surface area contributed by atoms with Crippen molar-refractivity contribution >= 4 is 11.0 Å². The third-order valence-electron chi connectivity index (χ3n) is 3.19. The summed E-state index contributed by atoms with van der Waals surface area (Å²) in [5.41, 5.74) is 1.29. The molecule has 0 aliphatic rings. The van der Waals surface area contributed by atoms with Gasteiger partial charge in [-0.05, 0) is 12.1 Å². The summed E-state index contributed by atoms with van der Waals surface area (Å²) >= 11 is 0. The molecular weight excluding hydrogens is 278 g/mol. The fourth-order valence-corrected chi connectivity index (χ4v) is 2.15. The Bertz CT molecular complexity index is 774. The van der Waals surface area contributed by atoms with Crippen LogP contribution in [0.1, 0.15) is 0 Å². The van der Waals surface area contributed by atoms with E-state index in [4.69, 9.17) is 9.47 Å². The maximum Gasteiger partial charge on any atom is 0.169 e. The minimum Gasteiger partial charge on any atom is -0.493 e. The number of rotatable bonds is 3. The molecule has 0 bridgehead atoms. The summed E-state index contributed by atoms with van der Waals surface area (Å²) in [6.07, 6.45) is 0. The number of imidazole rings is 1. The molecule has 4 nitrogen and oxygen atoms in total. The molecule has 0 atom stereocenters. The SMILES string of the molecule is COc1cc2nc(-c3cccc(F)c3F)[nH]c2cc1OC. The lowest BCUT2D eigenvalue weighted by atomic mass is 10.2. The average molecular weight is 290 g/mol. The first-order chi connectivity index (χ1) is 10.1. The molecule has 0 saturated carbocycles. The maximum absolute atomic E-state index is 13.8. The van der Waals surface area contributed by atoms with Crippen molar-refractivity contribution in [1.82, 2.24) is 9.97 Å². The molecular formula is C15H12F2N2O2. The molecule has 0 radical (unpaired) electrons. The van der Waals surface area contributed by atoms with Crippen molar-refractivity contribution in [2.24, 2.45) is 0 Å². The average Bonchev–Trinajstić information content (AvgIpc) is 2.90. The van der Waals surface area contributed by atoms with Crippen LogP contribution < -0.4 is 9.47 Å². The topological polar surface area (TPSA) is 47.1 Å². The third kappa shape index (κ3) is 2.18. The van der Waals surface area contributed by atoms with E-state index in [2.05, 4.69) is 9.97 Å². The third-order valence-corrected chi connectivity index (χ3v) is 3.19. The number of hydrogen-bond acceptors (Lipinski definition) is 3. The van der Waals surface area contributed by atoms with E-state index in [9.17, 15) is 8.78 Å². The molecule has 21 heavy (non-hydrogen) atoms. The predicted molar refractivity (Wildman–Crippen MR) is 74.5 cm³/mol. The Labute approximate surface area is 119 Å². The normalized spacial score (nSPS) is 10.9. The van der Waals surface area contributed by atoms with Gasteiger partial charge >= 0.3 is 0 Å². The van der Waals surface area contributed by atoms with Gasteiger partial charge in [-0.2, -0.15) is 0 Å². The van der Waals surface area contributed by atoms with Gasteiger partial charge < -0.3 is 14.5 Å². The molecule has 0 unspecified atom stereocenters. The summed E-state index contributed by atoms with van der Waals surface area (Å²) < 4.78 is 37.5. The zero-order valence-electron chi connectivity index (χ0n) is 11.4. The molecule has 1 heterocycles. The Balaban J connectivity index is 2.19. The second-order valence-electron chi connectivity index (χ2n) is 4.41. The summed E-state index contributed by atoms with van der Waals surface area (Å²) in [7, 11) is 3.04. The predicted octanol–water partition coefficient (Wildman–Crippen LogP) is 3.53. The Kier molecular flexibility index (Phi) is 3.21. The van der Waals surface area contributed by atoms with E-state index < -0.39 is 11.6 Å². The van der Waals surface area contributed by atoms with Gasteiger partial charge in [0.15, 0.2) is 23.1 Å². The maximum atomic E-state index is 13.8. The quantitative estimate of drug-likeness (QED) is 0.802. The van der Waals surface area contributed by atoms with Gasteiger partial charge in [0, 0.05) is 12.1 Å². The van der Waals surface area contributed by atoms with Crippen molar-refractivity contribution in [3.05, 3.63) is 42.0 Å². The number of fused-ring (bicyclic) bond motifs is 1. The molecule has 0 amide bonds. The molecule has 0 aliphatic heterocycles. The molecule has 108 valence electrons. The van der Waals surface area contributed by atoms with Crippen LogP contribution in [0.4, 0.5) is 8.78 Å². The van der Waals surface area contributed by atoms with E-state index in [1.807, 2.05) is 0 Å². The number of ether oxygens (including phenoxy) is 2. The minimum absolute atomic E-state index is 0.0733. The first-order valence-electron chi connectivity index (χ1n) is 6.20. The van der Waals surface area contributed by atoms with Crippen LogP contribution in [0.25, 0.3) is 22.4 Å². The molecule has 2 aromatic carbocycles. The van der Waals surface area contributed by atoms with Crippen molar-refractivity contribution < 1.29 is 18.3 Å². The molecule has 3 aromatic rings. The van der Waals surface area contributed by atoms with Crippen molar-refractivity contribution in [2.45, 2.75) is 0 Å². The summed E-state index contributed by atoms with van der Waals surface area (Å²) in [6.45, 7) is 0. The fourth-order valence-electron chi connectivity index (χ4n) is 2.15. The van der Waals surface area contributed by atoms with Gasteiger partial charge in [0.25, 0.3) is 0 Å². The van der Waals surface area contributed by atoms with Crippen LogP contribution in [0.5, 0.6) is 11.5 Å². The van der Waals surface area contributed by atoms with Crippen molar-refractivity contribution in [2.75, 3.05) is 14.2 Å². The minimum atomic E-state index is -0.935. The number of benzene rings is 2. The molecule has 1 N–H and O–H groups in total. The van der Waals surface area contributed by atoms with E-state index in [1.165, 1.54) is 26.4 Å². The molecule has 0 aliphatic carbocycles. The van der Waals surface area contributed by atoms with Crippen LogP contribution in [0, 0.1) is 11.6 Å². The van der Waals surface area contributed by atoms with Crippen molar-refractivity contribution in [3.8, 4) is 22.9 Å². The first-order valence-corrected chi connectivity index (χ1v) is 6.20. The number of aromatic nitrogens is 2. The molecule has 0 fully saturated rings. The first kappa shape index (κ1) is 13.4. The second-order valence-corrected chi connectivity index (χ2v) is 4.41. The Morgan fingerprint density at radius 1 is 1.05 bits per heavy atom. The van der Waals surface area contributed by atoms with Crippen molar-refractivity contribution in [1.29, 1.82) is 0 Å². The van der Waals surface area contributed by atoms with Gasteiger partial charge in [0.05, 0.1) is 30.8 Å². The Morgan fingerprint density at radius 2 is 1.76 bits per heavy atom. The van der Waals surface area contributed by atoms with Crippen LogP contribution in [0.15, 0.2) is 30.3 Å². The molecule has 3 rings (SSSR count). The lowest BCUT2D eigenvalue weighted by molar-refractivity contribution is 0.356. The molecule has 1 aromatic heterocycles. The highest BCUT2D eigenvalue weighted by molar-refractivity contribution is 5.83. The van der Waals surface area contributed by atoms with Gasteiger partial charge in [-0.15, -0.1) is 0 Å². The van der Waals surface area contributed by atoms with E-state index in [1.54, 1.807) is 12.1 Å².